The van der Waals surface area contributed by atoms with Crippen molar-refractivity contribution in [3.63, 3.8) is 0 Å². The summed E-state index contributed by atoms with van der Waals surface area (Å²) in [5.74, 6) is 1.57. The van der Waals surface area contributed by atoms with Crippen LogP contribution in [0.4, 0.5) is 17.5 Å². The molecule has 0 saturated heterocycles. The number of hydrogen-bond acceptors (Lipinski definition) is 6. The maximum absolute atomic E-state index is 5.93. The molecule has 0 amide bonds. The highest BCUT2D eigenvalue weighted by Crippen LogP contribution is 2.28. The van der Waals surface area contributed by atoms with E-state index < -0.39 is 0 Å². The molecule has 0 saturated carbocycles. The fraction of sp³-hybridized carbons (Fsp3) is 0.0952. The van der Waals surface area contributed by atoms with Gasteiger partial charge >= 0.3 is 0 Å². The molecule has 0 fully saturated rings. The summed E-state index contributed by atoms with van der Waals surface area (Å²) in [5.41, 5.74) is 10.6. The van der Waals surface area contributed by atoms with Crippen molar-refractivity contribution in [2.75, 3.05) is 11.1 Å². The van der Waals surface area contributed by atoms with E-state index in [1.54, 1.807) is 6.20 Å². The van der Waals surface area contributed by atoms with Crippen molar-refractivity contribution in [1.29, 1.82) is 0 Å². The van der Waals surface area contributed by atoms with Crippen molar-refractivity contribution in [2.45, 2.75) is 14.4 Å². The van der Waals surface area contributed by atoms with E-state index in [0.29, 0.717) is 5.82 Å². The SMILES string of the molecule is C.Cc1ccc(Br)cc1-c1cc(Nc2ccc(-c3cnco3)cc2)nc(N)n1. The van der Waals surface area contributed by atoms with Crippen molar-refractivity contribution in [3.05, 3.63) is 71.2 Å². The van der Waals surface area contributed by atoms with Gasteiger partial charge in [-0.05, 0) is 48.9 Å². The van der Waals surface area contributed by atoms with E-state index in [1.165, 1.54) is 6.39 Å². The summed E-state index contributed by atoms with van der Waals surface area (Å²) >= 11 is 3.51. The Morgan fingerprint density at radius 2 is 1.82 bits per heavy atom. The fourth-order valence-corrected chi connectivity index (χ4v) is 3.12. The number of nitrogens with one attached hydrogen (secondary N) is 1. The number of anilines is 3. The molecular weight excluding hydrogens is 418 g/mol. The van der Waals surface area contributed by atoms with Gasteiger partial charge in [-0.3, -0.25) is 0 Å². The second-order valence-electron chi connectivity index (χ2n) is 6.02. The van der Waals surface area contributed by atoms with Crippen LogP contribution in [0.25, 0.3) is 22.6 Å². The molecule has 0 atom stereocenters. The van der Waals surface area contributed by atoms with Crippen molar-refractivity contribution < 1.29 is 4.42 Å². The van der Waals surface area contributed by atoms with Crippen LogP contribution in [0.1, 0.15) is 13.0 Å². The molecule has 0 aliphatic carbocycles. The Morgan fingerprint density at radius 3 is 2.54 bits per heavy atom. The highest BCUT2D eigenvalue weighted by Gasteiger charge is 2.09. The lowest BCUT2D eigenvalue weighted by Crippen LogP contribution is -2.02. The normalized spacial score (nSPS) is 10.4. The number of nitrogens with two attached hydrogens (primary N) is 1. The van der Waals surface area contributed by atoms with E-state index >= 15 is 0 Å². The summed E-state index contributed by atoms with van der Waals surface area (Å²) in [4.78, 5) is 12.6. The van der Waals surface area contributed by atoms with Crippen molar-refractivity contribution in [3.8, 4) is 22.6 Å². The summed E-state index contributed by atoms with van der Waals surface area (Å²) < 4.78 is 6.29. The Hall–Kier alpha value is -3.19. The number of nitrogens with zero attached hydrogens (tertiary/aromatic N) is 3. The Bertz CT molecular complexity index is 1080. The zero-order chi connectivity index (χ0) is 18.8. The minimum absolute atomic E-state index is 0. The molecule has 3 N–H and O–H groups in total. The van der Waals surface area contributed by atoms with Gasteiger partial charge in [0.05, 0.1) is 11.9 Å². The quantitative estimate of drug-likeness (QED) is 0.417. The van der Waals surface area contributed by atoms with E-state index in [-0.39, 0.29) is 13.4 Å². The lowest BCUT2D eigenvalue weighted by molar-refractivity contribution is 0.572. The first-order valence-corrected chi connectivity index (χ1v) is 9.05. The van der Waals surface area contributed by atoms with Crippen LogP contribution in [-0.4, -0.2) is 15.0 Å². The van der Waals surface area contributed by atoms with Crippen LogP contribution in [0.2, 0.25) is 0 Å². The number of aromatic nitrogens is 3. The van der Waals surface area contributed by atoms with Gasteiger partial charge < -0.3 is 15.5 Å². The van der Waals surface area contributed by atoms with Gasteiger partial charge in [0.1, 0.15) is 5.82 Å². The first-order chi connectivity index (χ1) is 13.1. The summed E-state index contributed by atoms with van der Waals surface area (Å²) in [6, 6.07) is 15.7. The van der Waals surface area contributed by atoms with Gasteiger partial charge in [-0.1, -0.05) is 29.4 Å². The average Bonchev–Trinajstić information content (AvgIpc) is 3.18. The molecule has 2 aromatic heterocycles. The van der Waals surface area contributed by atoms with Crippen LogP contribution in [-0.2, 0) is 0 Å². The molecule has 0 unspecified atom stereocenters. The van der Waals surface area contributed by atoms with Crippen LogP contribution in [0.3, 0.4) is 0 Å². The number of rotatable bonds is 4. The average molecular weight is 438 g/mol. The van der Waals surface area contributed by atoms with Gasteiger partial charge in [0.15, 0.2) is 12.2 Å². The topological polar surface area (TPSA) is 89.9 Å². The summed E-state index contributed by atoms with van der Waals surface area (Å²) in [7, 11) is 0. The molecule has 0 bridgehead atoms. The maximum Gasteiger partial charge on any atom is 0.222 e. The number of hydrogen-bond donors (Lipinski definition) is 2. The number of aryl methyl sites for hydroxylation is 1. The molecule has 4 rings (SSSR count). The first kappa shape index (κ1) is 19.6. The third-order valence-corrected chi connectivity index (χ3v) is 4.59. The van der Waals surface area contributed by atoms with Gasteiger partial charge in [0, 0.05) is 27.4 Å². The van der Waals surface area contributed by atoms with Crippen LogP contribution < -0.4 is 11.1 Å². The second-order valence-corrected chi connectivity index (χ2v) is 6.94. The lowest BCUT2D eigenvalue weighted by Gasteiger charge is -2.11. The summed E-state index contributed by atoms with van der Waals surface area (Å²) in [6.07, 6.45) is 3.09. The number of benzene rings is 2. The van der Waals surface area contributed by atoms with E-state index in [9.17, 15) is 0 Å². The Labute approximate surface area is 172 Å². The predicted molar refractivity (Wildman–Crippen MR) is 116 cm³/mol. The Balaban J connectivity index is 0.00000225. The number of nitrogen functional groups attached to an aromatic ring is 1. The van der Waals surface area contributed by atoms with Crippen molar-refractivity contribution in [2.24, 2.45) is 0 Å². The van der Waals surface area contributed by atoms with Gasteiger partial charge in [-0.25, -0.2) is 9.97 Å². The highest BCUT2D eigenvalue weighted by atomic mass is 79.9. The van der Waals surface area contributed by atoms with Gasteiger partial charge in [0.25, 0.3) is 0 Å². The lowest BCUT2D eigenvalue weighted by atomic mass is 10.1. The molecule has 2 heterocycles. The molecule has 2 aromatic carbocycles. The number of halogens is 1. The van der Waals surface area contributed by atoms with E-state index in [1.807, 2.05) is 55.5 Å². The molecule has 6 nitrogen and oxygen atoms in total. The van der Waals surface area contributed by atoms with Gasteiger partial charge in [-0.15, -0.1) is 0 Å². The minimum Gasteiger partial charge on any atom is -0.444 e. The Kier molecular flexibility index (Phi) is 5.75. The van der Waals surface area contributed by atoms with Crippen LogP contribution in [0.15, 0.2) is 70.0 Å². The van der Waals surface area contributed by atoms with Crippen LogP contribution >= 0.6 is 15.9 Å². The largest absolute Gasteiger partial charge is 0.444 e. The maximum atomic E-state index is 5.93. The molecule has 28 heavy (non-hydrogen) atoms. The van der Waals surface area contributed by atoms with Gasteiger partial charge in [-0.2, -0.15) is 4.98 Å². The zero-order valence-corrected chi connectivity index (χ0v) is 16.1. The molecule has 7 heteroatoms. The van der Waals surface area contributed by atoms with E-state index in [0.717, 1.165) is 38.3 Å². The van der Waals surface area contributed by atoms with Crippen LogP contribution in [0.5, 0.6) is 0 Å². The highest BCUT2D eigenvalue weighted by molar-refractivity contribution is 9.10. The first-order valence-electron chi connectivity index (χ1n) is 8.25. The standard InChI is InChI=1S/C20H16BrN5O.CH4/c1-12-2-5-14(21)8-16(12)17-9-19(26-20(22)25-17)24-15-6-3-13(4-7-15)18-10-23-11-27-18;/h2-11H,1H3,(H3,22,24,25,26);1H4. The monoisotopic (exact) mass is 437 g/mol. The molecule has 0 spiro atoms. The fourth-order valence-electron chi connectivity index (χ4n) is 2.76. The summed E-state index contributed by atoms with van der Waals surface area (Å²) in [6.45, 7) is 2.04. The molecule has 0 radical (unpaired) electrons. The predicted octanol–water partition coefficient (Wildman–Crippen LogP) is 5.83. The molecule has 0 aliphatic rings. The third-order valence-electron chi connectivity index (χ3n) is 4.09. The van der Waals surface area contributed by atoms with E-state index in [2.05, 4.69) is 36.2 Å². The van der Waals surface area contributed by atoms with Crippen molar-refractivity contribution in [1.82, 2.24) is 15.0 Å². The molecule has 0 aliphatic heterocycles. The second kappa shape index (κ2) is 8.22. The smallest absolute Gasteiger partial charge is 0.222 e. The van der Waals surface area contributed by atoms with E-state index in [4.69, 9.17) is 10.2 Å². The van der Waals surface area contributed by atoms with Crippen LogP contribution in [0, 0.1) is 6.92 Å². The Morgan fingerprint density at radius 1 is 1.04 bits per heavy atom. The van der Waals surface area contributed by atoms with Crippen molar-refractivity contribution >= 4 is 33.4 Å². The molecular formula is C21H20BrN5O. The minimum atomic E-state index is 0. The molecule has 4 aromatic rings. The zero-order valence-electron chi connectivity index (χ0n) is 14.5. The third kappa shape index (κ3) is 4.20. The summed E-state index contributed by atoms with van der Waals surface area (Å²) in [5, 5.41) is 3.27. The molecule has 142 valence electrons. The number of oxazole rings is 1. The van der Waals surface area contributed by atoms with Gasteiger partial charge in [0.2, 0.25) is 5.95 Å².